The number of piperidine rings is 1. The summed E-state index contributed by atoms with van der Waals surface area (Å²) >= 11 is 0. The number of carbonyl (C=O) groups is 1. The van der Waals surface area contributed by atoms with Gasteiger partial charge < -0.3 is 15.4 Å². The summed E-state index contributed by atoms with van der Waals surface area (Å²) in [7, 11) is 1.87. The van der Waals surface area contributed by atoms with Crippen molar-refractivity contribution in [2.45, 2.75) is 26.7 Å². The molecule has 0 saturated carbocycles. The first-order chi connectivity index (χ1) is 9.58. The van der Waals surface area contributed by atoms with E-state index in [4.69, 9.17) is 4.74 Å². The lowest BCUT2D eigenvalue weighted by atomic mass is 10.00. The van der Waals surface area contributed by atoms with Gasteiger partial charge in [0.25, 0.3) is 5.91 Å². The van der Waals surface area contributed by atoms with Crippen molar-refractivity contribution in [2.75, 3.05) is 26.2 Å². The predicted molar refractivity (Wildman–Crippen MR) is 84.0 cm³/mol. The minimum atomic E-state index is -0.0711. The molecule has 120 valence electrons. The minimum Gasteiger partial charge on any atom is -0.480 e. The molecule has 7 heteroatoms. The summed E-state index contributed by atoms with van der Waals surface area (Å²) in [5.41, 5.74) is 1.75. The van der Waals surface area contributed by atoms with Gasteiger partial charge in [0, 0.05) is 13.6 Å². The van der Waals surface area contributed by atoms with Gasteiger partial charge in [-0.1, -0.05) is 0 Å². The van der Waals surface area contributed by atoms with Crippen molar-refractivity contribution in [1.82, 2.24) is 20.4 Å². The van der Waals surface area contributed by atoms with Crippen LogP contribution in [-0.4, -0.2) is 41.9 Å². The first kappa shape index (κ1) is 17.8. The molecule has 2 heterocycles. The van der Waals surface area contributed by atoms with Gasteiger partial charge in [-0.3, -0.25) is 9.48 Å². The minimum absolute atomic E-state index is 0. The van der Waals surface area contributed by atoms with Gasteiger partial charge in [0.1, 0.15) is 5.69 Å². The highest BCUT2D eigenvalue weighted by atomic mass is 35.5. The van der Waals surface area contributed by atoms with Gasteiger partial charge in [-0.15, -0.1) is 12.4 Å². The highest BCUT2D eigenvalue weighted by Crippen LogP contribution is 2.20. The fourth-order valence-corrected chi connectivity index (χ4v) is 2.51. The highest BCUT2D eigenvalue weighted by molar-refractivity contribution is 5.85. The van der Waals surface area contributed by atoms with E-state index in [1.54, 1.807) is 4.68 Å². The molecule has 2 N–H and O–H groups in total. The van der Waals surface area contributed by atoms with Gasteiger partial charge in [0.15, 0.2) is 12.4 Å². The van der Waals surface area contributed by atoms with Crippen molar-refractivity contribution in [1.29, 1.82) is 0 Å². The van der Waals surface area contributed by atoms with Crippen LogP contribution < -0.4 is 15.4 Å². The Bertz CT molecular complexity index is 470. The van der Waals surface area contributed by atoms with Crippen molar-refractivity contribution in [3.63, 3.8) is 0 Å². The van der Waals surface area contributed by atoms with Crippen LogP contribution in [0.4, 0.5) is 0 Å². The molecule has 1 fully saturated rings. The van der Waals surface area contributed by atoms with Crippen LogP contribution >= 0.6 is 12.4 Å². The van der Waals surface area contributed by atoms with Crippen LogP contribution in [0.5, 0.6) is 5.75 Å². The second kappa shape index (κ2) is 8.24. The van der Waals surface area contributed by atoms with Crippen LogP contribution in [0, 0.1) is 19.8 Å². The molecule has 1 aromatic heterocycles. The third-order valence-electron chi connectivity index (χ3n) is 3.78. The Labute approximate surface area is 132 Å². The molecule has 6 nitrogen and oxygen atoms in total. The summed E-state index contributed by atoms with van der Waals surface area (Å²) in [4.78, 5) is 11.8. The Kier molecular flexibility index (Phi) is 6.98. The lowest BCUT2D eigenvalue weighted by Crippen LogP contribution is -2.39. The Morgan fingerprint density at radius 3 is 2.86 bits per heavy atom. The number of aryl methyl sites for hydroxylation is 2. The Morgan fingerprint density at radius 2 is 2.29 bits per heavy atom. The molecule has 1 atom stereocenters. The average Bonchev–Trinajstić information content (AvgIpc) is 2.69. The third kappa shape index (κ3) is 4.89. The molecule has 0 aromatic carbocycles. The molecular formula is C14H25ClN4O2. The van der Waals surface area contributed by atoms with Crippen molar-refractivity contribution in [2.24, 2.45) is 13.0 Å². The first-order valence-electron chi connectivity index (χ1n) is 7.18. The summed E-state index contributed by atoms with van der Waals surface area (Å²) in [6, 6.07) is 0. The molecule has 0 radical (unpaired) electrons. The Morgan fingerprint density at radius 1 is 1.52 bits per heavy atom. The van der Waals surface area contributed by atoms with Gasteiger partial charge in [-0.2, -0.15) is 5.10 Å². The van der Waals surface area contributed by atoms with E-state index in [1.807, 2.05) is 20.9 Å². The summed E-state index contributed by atoms with van der Waals surface area (Å²) in [5, 5.41) is 10.5. The lowest BCUT2D eigenvalue weighted by molar-refractivity contribution is -0.123. The maximum Gasteiger partial charge on any atom is 0.257 e. The van der Waals surface area contributed by atoms with E-state index >= 15 is 0 Å². The summed E-state index contributed by atoms with van der Waals surface area (Å²) in [6.45, 7) is 6.66. The number of nitrogens with one attached hydrogen (secondary N) is 2. The molecule has 21 heavy (non-hydrogen) atoms. The molecule has 0 spiro atoms. The summed E-state index contributed by atoms with van der Waals surface area (Å²) < 4.78 is 7.34. The molecule has 1 unspecified atom stereocenters. The standard InChI is InChI=1S/C14H24N4O2.ClH/c1-10-14(11(2)18(3)17-10)20-9-13(19)16-8-12-5-4-6-15-7-12;/h12,15H,4-9H2,1-3H3,(H,16,19);1H. The van der Waals surface area contributed by atoms with Gasteiger partial charge in [-0.25, -0.2) is 0 Å². The molecular weight excluding hydrogens is 292 g/mol. The zero-order valence-electron chi connectivity index (χ0n) is 12.9. The third-order valence-corrected chi connectivity index (χ3v) is 3.78. The fraction of sp³-hybridized carbons (Fsp3) is 0.714. The zero-order chi connectivity index (χ0) is 14.5. The summed E-state index contributed by atoms with van der Waals surface area (Å²) in [6.07, 6.45) is 2.36. The van der Waals surface area contributed by atoms with Crippen molar-refractivity contribution in [3.8, 4) is 5.75 Å². The largest absolute Gasteiger partial charge is 0.480 e. The van der Waals surface area contributed by atoms with E-state index in [0.717, 1.165) is 31.0 Å². The van der Waals surface area contributed by atoms with Crippen LogP contribution in [0.3, 0.4) is 0 Å². The number of nitrogens with zero attached hydrogens (tertiary/aromatic N) is 2. The SMILES string of the molecule is Cc1nn(C)c(C)c1OCC(=O)NCC1CCCNC1.Cl. The maximum atomic E-state index is 11.8. The lowest BCUT2D eigenvalue weighted by Gasteiger charge is -2.22. The normalized spacial score (nSPS) is 18.0. The van der Waals surface area contributed by atoms with E-state index in [2.05, 4.69) is 15.7 Å². The monoisotopic (exact) mass is 316 g/mol. The van der Waals surface area contributed by atoms with Crippen LogP contribution in [0.15, 0.2) is 0 Å². The predicted octanol–water partition coefficient (Wildman–Crippen LogP) is 0.953. The molecule has 1 aliphatic heterocycles. The Balaban J connectivity index is 0.00000220. The summed E-state index contributed by atoms with van der Waals surface area (Å²) in [5.74, 6) is 1.18. The number of hydrogen-bond acceptors (Lipinski definition) is 4. The number of aromatic nitrogens is 2. The van der Waals surface area contributed by atoms with Crippen molar-refractivity contribution < 1.29 is 9.53 Å². The van der Waals surface area contributed by atoms with Crippen LogP contribution in [0.25, 0.3) is 0 Å². The fourth-order valence-electron chi connectivity index (χ4n) is 2.51. The molecule has 0 bridgehead atoms. The molecule has 1 amide bonds. The smallest absolute Gasteiger partial charge is 0.257 e. The van der Waals surface area contributed by atoms with Crippen LogP contribution in [0.1, 0.15) is 24.2 Å². The number of amides is 1. The van der Waals surface area contributed by atoms with Gasteiger partial charge in [0.2, 0.25) is 0 Å². The molecule has 0 aliphatic carbocycles. The Hall–Kier alpha value is -1.27. The van der Waals surface area contributed by atoms with E-state index in [9.17, 15) is 4.79 Å². The molecule has 1 aliphatic rings. The number of ether oxygens (including phenoxy) is 1. The maximum absolute atomic E-state index is 11.8. The van der Waals surface area contributed by atoms with Gasteiger partial charge >= 0.3 is 0 Å². The zero-order valence-corrected chi connectivity index (χ0v) is 13.8. The van der Waals surface area contributed by atoms with Crippen LogP contribution in [0.2, 0.25) is 0 Å². The topological polar surface area (TPSA) is 68.2 Å². The number of halogens is 1. The second-order valence-electron chi connectivity index (χ2n) is 5.43. The van der Waals surface area contributed by atoms with Crippen LogP contribution in [-0.2, 0) is 11.8 Å². The quantitative estimate of drug-likeness (QED) is 0.849. The van der Waals surface area contributed by atoms with E-state index in [1.165, 1.54) is 12.8 Å². The van der Waals surface area contributed by atoms with Crippen molar-refractivity contribution in [3.05, 3.63) is 11.4 Å². The molecule has 2 rings (SSSR count). The van der Waals surface area contributed by atoms with E-state index < -0.39 is 0 Å². The van der Waals surface area contributed by atoms with E-state index in [-0.39, 0.29) is 24.9 Å². The number of carbonyl (C=O) groups excluding carboxylic acids is 1. The first-order valence-corrected chi connectivity index (χ1v) is 7.18. The second-order valence-corrected chi connectivity index (χ2v) is 5.43. The number of rotatable bonds is 5. The van der Waals surface area contributed by atoms with Gasteiger partial charge in [-0.05, 0) is 45.7 Å². The van der Waals surface area contributed by atoms with Gasteiger partial charge in [0.05, 0.1) is 5.69 Å². The average molecular weight is 317 g/mol. The van der Waals surface area contributed by atoms with E-state index in [0.29, 0.717) is 11.7 Å². The highest BCUT2D eigenvalue weighted by Gasteiger charge is 2.15. The number of hydrogen-bond donors (Lipinski definition) is 2. The van der Waals surface area contributed by atoms with Crippen molar-refractivity contribution >= 4 is 18.3 Å². The molecule has 1 aromatic rings. The molecule has 1 saturated heterocycles.